The van der Waals surface area contributed by atoms with Crippen LogP contribution in [0.25, 0.3) is 0 Å². The van der Waals surface area contributed by atoms with Gasteiger partial charge in [0.2, 0.25) is 0 Å². The van der Waals surface area contributed by atoms with Crippen molar-refractivity contribution in [3.8, 4) is 0 Å². The number of allylic oxidation sites excluding steroid dienone is 6. The van der Waals surface area contributed by atoms with Crippen molar-refractivity contribution in [3.63, 3.8) is 0 Å². The highest BCUT2D eigenvalue weighted by atomic mass is 16.6. The lowest BCUT2D eigenvalue weighted by molar-refractivity contribution is -0.167. The number of unbranched alkanes of at least 4 members (excludes halogenated alkanes) is 35. The molecule has 1 atom stereocenters. The lowest BCUT2D eigenvalue weighted by Crippen LogP contribution is -2.30. The number of hydrogen-bond acceptors (Lipinski definition) is 6. The fraction of sp³-hybridized carbons (Fsp3) is 0.847. The molecule has 0 bridgehead atoms. The molecule has 0 saturated carbocycles. The van der Waals surface area contributed by atoms with Crippen LogP contribution in [0.5, 0.6) is 0 Å². The summed E-state index contributed by atoms with van der Waals surface area (Å²) >= 11 is 0. The molecule has 0 aromatic heterocycles. The monoisotopic (exact) mass is 913 g/mol. The first-order valence-corrected chi connectivity index (χ1v) is 28.5. The average molecular weight is 914 g/mol. The minimum absolute atomic E-state index is 0.0736. The van der Waals surface area contributed by atoms with Gasteiger partial charge in [-0.2, -0.15) is 0 Å². The van der Waals surface area contributed by atoms with E-state index in [0.717, 1.165) is 70.6 Å². The van der Waals surface area contributed by atoms with E-state index in [1.165, 1.54) is 193 Å². The van der Waals surface area contributed by atoms with E-state index in [1.807, 2.05) is 0 Å². The Bertz CT molecular complexity index is 1090. The lowest BCUT2D eigenvalue weighted by Gasteiger charge is -2.18. The van der Waals surface area contributed by atoms with Gasteiger partial charge < -0.3 is 14.2 Å². The number of carbonyl (C=O) groups is 3. The van der Waals surface area contributed by atoms with E-state index in [2.05, 4.69) is 57.2 Å². The van der Waals surface area contributed by atoms with Gasteiger partial charge in [0.15, 0.2) is 6.10 Å². The molecule has 0 heterocycles. The molecule has 0 aliphatic carbocycles. The normalized spacial score (nSPS) is 12.2. The fourth-order valence-electron chi connectivity index (χ4n) is 8.29. The van der Waals surface area contributed by atoms with Crippen molar-refractivity contribution in [2.75, 3.05) is 13.2 Å². The first-order chi connectivity index (χ1) is 32.0. The predicted molar refractivity (Wildman–Crippen MR) is 279 cm³/mol. The third-order valence-electron chi connectivity index (χ3n) is 12.6. The standard InChI is InChI=1S/C59H108O6/c1-4-7-10-13-16-19-22-25-27-29-30-31-33-34-37-40-43-46-49-52-58(61)64-55-56(54-63-57(60)51-48-45-42-39-36-24-21-18-15-12-9-6-3)65-59(62)53-50-47-44-41-38-35-32-28-26-23-20-17-14-11-8-5-2/h16,18-19,21,25,27,56H,4-15,17,20,22-24,26,28-55H2,1-3H3/b19-16-,21-18-,27-25-. The summed E-state index contributed by atoms with van der Waals surface area (Å²) in [7, 11) is 0. The van der Waals surface area contributed by atoms with Gasteiger partial charge in [-0.05, 0) is 77.0 Å². The molecule has 0 amide bonds. The minimum Gasteiger partial charge on any atom is -0.462 e. The second-order valence-corrected chi connectivity index (χ2v) is 19.2. The molecule has 65 heavy (non-hydrogen) atoms. The van der Waals surface area contributed by atoms with Crippen LogP contribution >= 0.6 is 0 Å². The molecule has 1 unspecified atom stereocenters. The van der Waals surface area contributed by atoms with E-state index in [9.17, 15) is 14.4 Å². The zero-order valence-electron chi connectivity index (χ0n) is 43.5. The van der Waals surface area contributed by atoms with Crippen LogP contribution in [0, 0.1) is 0 Å². The van der Waals surface area contributed by atoms with Crippen molar-refractivity contribution in [2.45, 2.75) is 309 Å². The van der Waals surface area contributed by atoms with Gasteiger partial charge in [-0.25, -0.2) is 0 Å². The highest BCUT2D eigenvalue weighted by Crippen LogP contribution is 2.16. The van der Waals surface area contributed by atoms with Gasteiger partial charge in [-0.1, -0.05) is 243 Å². The largest absolute Gasteiger partial charge is 0.462 e. The Balaban J connectivity index is 4.32. The van der Waals surface area contributed by atoms with Crippen LogP contribution in [-0.2, 0) is 28.6 Å². The van der Waals surface area contributed by atoms with E-state index in [0.29, 0.717) is 19.3 Å². The summed E-state index contributed by atoms with van der Waals surface area (Å²) in [5, 5.41) is 0. The molecular formula is C59H108O6. The molecule has 0 aromatic rings. The molecule has 0 aliphatic rings. The lowest BCUT2D eigenvalue weighted by atomic mass is 10.0. The highest BCUT2D eigenvalue weighted by Gasteiger charge is 2.19. The fourth-order valence-corrected chi connectivity index (χ4v) is 8.29. The Hall–Kier alpha value is -2.37. The van der Waals surface area contributed by atoms with Crippen LogP contribution in [0.1, 0.15) is 303 Å². The maximum atomic E-state index is 12.8. The molecule has 0 saturated heterocycles. The number of ether oxygens (including phenoxy) is 3. The SMILES string of the molecule is CCCCC/C=C\C/C=C\CCCCCCCCCCCC(=O)OCC(COC(=O)CCCCCCC/C=C\CCCCC)OC(=O)CCCCCCCCCCCCCCCCCC. The first-order valence-electron chi connectivity index (χ1n) is 28.5. The van der Waals surface area contributed by atoms with Gasteiger partial charge in [0, 0.05) is 19.3 Å². The van der Waals surface area contributed by atoms with Crippen LogP contribution in [0.4, 0.5) is 0 Å². The summed E-state index contributed by atoms with van der Waals surface area (Å²) in [4.78, 5) is 38.1. The summed E-state index contributed by atoms with van der Waals surface area (Å²) in [6.45, 7) is 6.62. The van der Waals surface area contributed by atoms with Crippen molar-refractivity contribution in [2.24, 2.45) is 0 Å². The van der Waals surface area contributed by atoms with E-state index in [4.69, 9.17) is 14.2 Å². The molecule has 0 radical (unpaired) electrons. The maximum absolute atomic E-state index is 12.8. The molecule has 6 heteroatoms. The molecule has 6 nitrogen and oxygen atoms in total. The van der Waals surface area contributed by atoms with Gasteiger partial charge in [-0.3, -0.25) is 14.4 Å². The zero-order valence-corrected chi connectivity index (χ0v) is 43.5. The third kappa shape index (κ3) is 52.5. The molecule has 0 aromatic carbocycles. The number of carbonyl (C=O) groups excluding carboxylic acids is 3. The van der Waals surface area contributed by atoms with Gasteiger partial charge in [0.25, 0.3) is 0 Å². The second-order valence-electron chi connectivity index (χ2n) is 19.2. The number of hydrogen-bond donors (Lipinski definition) is 0. The molecule has 0 rings (SSSR count). The molecule has 0 fully saturated rings. The quantitative estimate of drug-likeness (QED) is 0.0262. The minimum atomic E-state index is -0.773. The highest BCUT2D eigenvalue weighted by molar-refractivity contribution is 5.71. The van der Waals surface area contributed by atoms with E-state index < -0.39 is 6.10 Å². The molecule has 0 aliphatic heterocycles. The topological polar surface area (TPSA) is 78.9 Å². The van der Waals surface area contributed by atoms with Crippen LogP contribution in [0.15, 0.2) is 36.5 Å². The Kier molecular flexibility index (Phi) is 52.3. The van der Waals surface area contributed by atoms with Crippen LogP contribution in [0.3, 0.4) is 0 Å². The van der Waals surface area contributed by atoms with Crippen LogP contribution in [0.2, 0.25) is 0 Å². The zero-order chi connectivity index (χ0) is 47.2. The summed E-state index contributed by atoms with van der Waals surface area (Å²) in [5.41, 5.74) is 0. The van der Waals surface area contributed by atoms with Gasteiger partial charge in [0.1, 0.15) is 13.2 Å². The number of esters is 3. The van der Waals surface area contributed by atoms with Crippen molar-refractivity contribution in [1.82, 2.24) is 0 Å². The van der Waals surface area contributed by atoms with Crippen LogP contribution in [-0.4, -0.2) is 37.2 Å². The third-order valence-corrected chi connectivity index (χ3v) is 12.6. The van der Waals surface area contributed by atoms with Gasteiger partial charge >= 0.3 is 17.9 Å². The Morgan fingerprint density at radius 2 is 0.554 bits per heavy atom. The predicted octanol–water partition coefficient (Wildman–Crippen LogP) is 18.9. The van der Waals surface area contributed by atoms with Gasteiger partial charge in [-0.15, -0.1) is 0 Å². The van der Waals surface area contributed by atoms with E-state index in [1.54, 1.807) is 0 Å². The summed E-state index contributed by atoms with van der Waals surface area (Å²) in [5.74, 6) is -0.870. The van der Waals surface area contributed by atoms with E-state index >= 15 is 0 Å². The van der Waals surface area contributed by atoms with Crippen molar-refractivity contribution in [1.29, 1.82) is 0 Å². The molecule has 0 spiro atoms. The van der Waals surface area contributed by atoms with E-state index in [-0.39, 0.29) is 31.1 Å². The summed E-state index contributed by atoms with van der Waals surface area (Å²) < 4.78 is 16.9. The summed E-state index contributed by atoms with van der Waals surface area (Å²) in [6, 6.07) is 0. The van der Waals surface area contributed by atoms with Crippen molar-refractivity contribution in [3.05, 3.63) is 36.5 Å². The smallest absolute Gasteiger partial charge is 0.306 e. The Morgan fingerprint density at radius 3 is 0.892 bits per heavy atom. The van der Waals surface area contributed by atoms with Crippen molar-refractivity contribution < 1.29 is 28.6 Å². The maximum Gasteiger partial charge on any atom is 0.306 e. The average Bonchev–Trinajstić information content (AvgIpc) is 3.30. The summed E-state index contributed by atoms with van der Waals surface area (Å²) in [6.07, 6.45) is 64.1. The molecule has 0 N–H and O–H groups in total. The second kappa shape index (κ2) is 54.2. The van der Waals surface area contributed by atoms with Gasteiger partial charge in [0.05, 0.1) is 0 Å². The van der Waals surface area contributed by atoms with Crippen LogP contribution < -0.4 is 0 Å². The number of rotatable bonds is 52. The first kappa shape index (κ1) is 62.6. The van der Waals surface area contributed by atoms with Crippen molar-refractivity contribution >= 4 is 17.9 Å². The Labute approximate surface area is 404 Å². The molecule has 380 valence electrons. The molecular weight excluding hydrogens is 805 g/mol. The Morgan fingerprint density at radius 1 is 0.308 bits per heavy atom.